The zero-order chi connectivity index (χ0) is 11.1. The van der Waals surface area contributed by atoms with Crippen molar-refractivity contribution in [1.82, 2.24) is 10.2 Å². The van der Waals surface area contributed by atoms with Gasteiger partial charge in [0.15, 0.2) is 0 Å². The predicted molar refractivity (Wildman–Crippen MR) is 56.6 cm³/mol. The summed E-state index contributed by atoms with van der Waals surface area (Å²) in [5.74, 6) is -0.0156. The second-order valence-corrected chi connectivity index (χ2v) is 3.61. The normalized spacial score (nSPS) is 21.3. The van der Waals surface area contributed by atoms with Crippen LogP contribution in [0, 0.1) is 0 Å². The lowest BCUT2D eigenvalue weighted by atomic mass is 10.2. The van der Waals surface area contributed by atoms with E-state index >= 15 is 0 Å². The molecule has 0 radical (unpaired) electrons. The molecule has 0 aromatic carbocycles. The number of rotatable bonds is 5. The van der Waals surface area contributed by atoms with Crippen LogP contribution in [-0.4, -0.2) is 61.4 Å². The third kappa shape index (κ3) is 3.77. The van der Waals surface area contributed by atoms with Crippen molar-refractivity contribution in [3.63, 3.8) is 0 Å². The Bertz CT molecular complexity index is 187. The van der Waals surface area contributed by atoms with Crippen LogP contribution in [0.2, 0.25) is 0 Å². The summed E-state index contributed by atoms with van der Waals surface area (Å²) in [6.45, 7) is 5.05. The highest BCUT2D eigenvalue weighted by Crippen LogP contribution is 2.03. The molecular weight excluding hydrogens is 196 g/mol. The minimum absolute atomic E-state index is 0.00584. The average Bonchev–Trinajstić information content (AvgIpc) is 2.29. The second kappa shape index (κ2) is 6.76. The summed E-state index contributed by atoms with van der Waals surface area (Å²) < 4.78 is 5.38. The topological polar surface area (TPSA) is 61.8 Å². The lowest BCUT2D eigenvalue weighted by Crippen LogP contribution is -2.50. The first-order valence-electron chi connectivity index (χ1n) is 5.51. The molecule has 5 nitrogen and oxygen atoms in total. The van der Waals surface area contributed by atoms with E-state index in [9.17, 15) is 4.79 Å². The van der Waals surface area contributed by atoms with Crippen LogP contribution in [-0.2, 0) is 9.53 Å². The van der Waals surface area contributed by atoms with Gasteiger partial charge in [0.2, 0.25) is 0 Å². The molecule has 1 atom stereocenters. The van der Waals surface area contributed by atoms with Crippen molar-refractivity contribution in [3.05, 3.63) is 0 Å². The van der Waals surface area contributed by atoms with Gasteiger partial charge in [0.1, 0.15) is 6.10 Å². The molecule has 1 heterocycles. The number of carbonyl (C=O) groups is 1. The first kappa shape index (κ1) is 12.4. The molecule has 1 rings (SSSR count). The summed E-state index contributed by atoms with van der Waals surface area (Å²) in [7, 11) is 0. The number of nitrogens with zero attached hydrogens (tertiary/aromatic N) is 1. The van der Waals surface area contributed by atoms with Crippen LogP contribution in [0.4, 0.5) is 0 Å². The van der Waals surface area contributed by atoms with E-state index in [1.54, 1.807) is 4.90 Å². The number of ether oxygens (including phenoxy) is 1. The third-order valence-corrected chi connectivity index (χ3v) is 2.38. The van der Waals surface area contributed by atoms with Gasteiger partial charge in [-0.25, -0.2) is 0 Å². The number of hydrogen-bond acceptors (Lipinski definition) is 4. The van der Waals surface area contributed by atoms with Crippen LogP contribution in [0.1, 0.15) is 13.3 Å². The molecule has 0 aromatic heterocycles. The van der Waals surface area contributed by atoms with Gasteiger partial charge in [0, 0.05) is 26.2 Å². The number of aliphatic hydroxyl groups is 1. The number of hydrogen-bond donors (Lipinski definition) is 2. The Morgan fingerprint density at radius 3 is 2.93 bits per heavy atom. The van der Waals surface area contributed by atoms with Crippen LogP contribution in [0.25, 0.3) is 0 Å². The number of nitrogens with one attached hydrogen (secondary N) is 1. The van der Waals surface area contributed by atoms with E-state index in [1.807, 2.05) is 6.92 Å². The molecule has 0 aromatic rings. The highest BCUT2D eigenvalue weighted by Gasteiger charge is 2.25. The Hall–Kier alpha value is -0.650. The maximum absolute atomic E-state index is 11.9. The van der Waals surface area contributed by atoms with Crippen LogP contribution in [0.3, 0.4) is 0 Å². The lowest BCUT2D eigenvalue weighted by molar-refractivity contribution is -0.145. The van der Waals surface area contributed by atoms with Gasteiger partial charge in [-0.1, -0.05) is 6.92 Å². The van der Waals surface area contributed by atoms with Crippen molar-refractivity contribution in [2.75, 3.05) is 39.4 Å². The maximum atomic E-state index is 11.9. The molecule has 0 aliphatic carbocycles. The number of morpholine rings is 1. The fraction of sp³-hybridized carbons (Fsp3) is 0.900. The molecule has 1 aliphatic heterocycles. The van der Waals surface area contributed by atoms with E-state index in [0.717, 1.165) is 13.0 Å². The standard InChI is InChI=1S/C10H20N2O3/c1-2-4-12(5-6-13)10(14)9-8-11-3-7-15-9/h9,11,13H,2-8H2,1H3. The van der Waals surface area contributed by atoms with Crippen LogP contribution in [0.5, 0.6) is 0 Å². The van der Waals surface area contributed by atoms with E-state index in [2.05, 4.69) is 5.32 Å². The molecule has 2 N–H and O–H groups in total. The lowest BCUT2D eigenvalue weighted by Gasteiger charge is -2.29. The van der Waals surface area contributed by atoms with Crippen molar-refractivity contribution in [2.45, 2.75) is 19.4 Å². The van der Waals surface area contributed by atoms with Gasteiger partial charge >= 0.3 is 0 Å². The van der Waals surface area contributed by atoms with E-state index in [-0.39, 0.29) is 18.6 Å². The van der Waals surface area contributed by atoms with E-state index in [4.69, 9.17) is 9.84 Å². The zero-order valence-corrected chi connectivity index (χ0v) is 9.24. The summed E-state index contributed by atoms with van der Waals surface area (Å²) in [5, 5.41) is 12.0. The van der Waals surface area contributed by atoms with Gasteiger partial charge in [-0.05, 0) is 6.42 Å². The summed E-state index contributed by atoms with van der Waals surface area (Å²) in [6.07, 6.45) is 0.517. The summed E-state index contributed by atoms with van der Waals surface area (Å²) >= 11 is 0. The molecule has 1 fully saturated rings. The quantitative estimate of drug-likeness (QED) is 0.632. The predicted octanol–water partition coefficient (Wildman–Crippen LogP) is -0.794. The van der Waals surface area contributed by atoms with E-state index in [0.29, 0.717) is 26.2 Å². The summed E-state index contributed by atoms with van der Waals surface area (Å²) in [6, 6.07) is 0. The highest BCUT2D eigenvalue weighted by molar-refractivity contribution is 5.81. The number of amides is 1. The molecule has 1 amide bonds. The SMILES string of the molecule is CCCN(CCO)C(=O)C1CNCCO1. The third-order valence-electron chi connectivity index (χ3n) is 2.38. The summed E-state index contributed by atoms with van der Waals surface area (Å²) in [4.78, 5) is 13.6. The minimum atomic E-state index is -0.378. The molecule has 0 bridgehead atoms. The molecule has 0 spiro atoms. The van der Waals surface area contributed by atoms with E-state index < -0.39 is 0 Å². The van der Waals surface area contributed by atoms with Gasteiger partial charge in [-0.3, -0.25) is 4.79 Å². The van der Waals surface area contributed by atoms with E-state index in [1.165, 1.54) is 0 Å². The summed E-state index contributed by atoms with van der Waals surface area (Å²) in [5.41, 5.74) is 0. The maximum Gasteiger partial charge on any atom is 0.253 e. The molecule has 1 aliphatic rings. The van der Waals surface area contributed by atoms with Crippen LogP contribution >= 0.6 is 0 Å². The van der Waals surface area contributed by atoms with Gasteiger partial charge in [-0.15, -0.1) is 0 Å². The minimum Gasteiger partial charge on any atom is -0.395 e. The molecule has 1 saturated heterocycles. The van der Waals surface area contributed by atoms with Gasteiger partial charge < -0.3 is 20.1 Å². The Kier molecular flexibility index (Phi) is 5.60. The molecule has 15 heavy (non-hydrogen) atoms. The van der Waals surface area contributed by atoms with Crippen LogP contribution < -0.4 is 5.32 Å². The first-order valence-corrected chi connectivity index (χ1v) is 5.51. The molecule has 5 heteroatoms. The second-order valence-electron chi connectivity index (χ2n) is 3.61. The zero-order valence-electron chi connectivity index (χ0n) is 9.24. The Morgan fingerprint density at radius 1 is 1.60 bits per heavy atom. The van der Waals surface area contributed by atoms with Crippen molar-refractivity contribution >= 4 is 5.91 Å². The fourth-order valence-electron chi connectivity index (χ4n) is 1.65. The molecule has 0 saturated carbocycles. The molecular formula is C10H20N2O3. The Labute approximate surface area is 90.4 Å². The van der Waals surface area contributed by atoms with Crippen molar-refractivity contribution < 1.29 is 14.6 Å². The molecule has 1 unspecified atom stereocenters. The number of carbonyl (C=O) groups excluding carboxylic acids is 1. The highest BCUT2D eigenvalue weighted by atomic mass is 16.5. The van der Waals surface area contributed by atoms with Gasteiger partial charge in [0.25, 0.3) is 5.91 Å². The molecule has 88 valence electrons. The fourth-order valence-corrected chi connectivity index (χ4v) is 1.65. The smallest absolute Gasteiger partial charge is 0.253 e. The van der Waals surface area contributed by atoms with Crippen molar-refractivity contribution in [3.8, 4) is 0 Å². The van der Waals surface area contributed by atoms with Gasteiger partial charge in [0.05, 0.1) is 13.2 Å². The largest absolute Gasteiger partial charge is 0.395 e. The monoisotopic (exact) mass is 216 g/mol. The Morgan fingerprint density at radius 2 is 2.40 bits per heavy atom. The van der Waals surface area contributed by atoms with Crippen LogP contribution in [0.15, 0.2) is 0 Å². The first-order chi connectivity index (χ1) is 7.29. The van der Waals surface area contributed by atoms with Crippen molar-refractivity contribution in [1.29, 1.82) is 0 Å². The average molecular weight is 216 g/mol. The number of aliphatic hydroxyl groups excluding tert-OH is 1. The van der Waals surface area contributed by atoms with Crippen molar-refractivity contribution in [2.24, 2.45) is 0 Å². The Balaban J connectivity index is 2.45. The van der Waals surface area contributed by atoms with Gasteiger partial charge in [-0.2, -0.15) is 0 Å².